The fourth-order valence-electron chi connectivity index (χ4n) is 3.79. The van der Waals surface area contributed by atoms with E-state index in [1.165, 1.54) is 23.2 Å². The number of fused-ring (bicyclic) bond motifs is 2. The van der Waals surface area contributed by atoms with Crippen molar-refractivity contribution >= 4 is 17.1 Å². The lowest BCUT2D eigenvalue weighted by atomic mass is 9.85. The zero-order chi connectivity index (χ0) is 21.4. The molecule has 0 aliphatic carbocycles. The van der Waals surface area contributed by atoms with E-state index in [0.29, 0.717) is 17.5 Å². The smallest absolute Gasteiger partial charge is 0.271 e. The van der Waals surface area contributed by atoms with Crippen LogP contribution in [-0.4, -0.2) is 17.0 Å². The van der Waals surface area contributed by atoms with Crippen molar-refractivity contribution in [1.29, 1.82) is 0 Å². The van der Waals surface area contributed by atoms with Crippen LogP contribution in [0, 0.1) is 20.9 Å². The third kappa shape index (κ3) is 6.72. The number of nitrogens with zero attached hydrogens (tertiary/aromatic N) is 1. The van der Waals surface area contributed by atoms with Gasteiger partial charge in [0.05, 0.1) is 4.92 Å². The van der Waals surface area contributed by atoms with Crippen LogP contribution >= 0.6 is 0 Å². The molecular weight excluding hydrogens is 398 g/mol. The second kappa shape index (κ2) is 10.8. The Morgan fingerprint density at radius 3 is 1.72 bits per heavy atom. The van der Waals surface area contributed by atoms with Crippen molar-refractivity contribution in [3.8, 4) is 0 Å². The van der Waals surface area contributed by atoms with Gasteiger partial charge >= 0.3 is 0 Å². The molecule has 2 N–H and O–H groups in total. The maximum Gasteiger partial charge on any atom is 0.271 e. The largest absolute Gasteiger partial charge is 0.381 e. The summed E-state index contributed by atoms with van der Waals surface area (Å²) in [7, 11) is 0. The summed E-state index contributed by atoms with van der Waals surface area (Å²) in [5.74, 6) is 0. The van der Waals surface area contributed by atoms with Crippen molar-refractivity contribution in [1.82, 2.24) is 0 Å². The number of rotatable bonds is 1. The lowest BCUT2D eigenvalue weighted by Crippen LogP contribution is -2.31. The molecule has 0 radical (unpaired) electrons. The van der Waals surface area contributed by atoms with E-state index >= 15 is 0 Å². The van der Waals surface area contributed by atoms with Gasteiger partial charge in [-0.15, -0.1) is 0 Å². The molecule has 2 aromatic carbocycles. The molecule has 2 unspecified atom stereocenters. The summed E-state index contributed by atoms with van der Waals surface area (Å²) in [5.41, 5.74) is 5.53. The Kier molecular flexibility index (Phi) is 9.98. The number of anilines is 2. The van der Waals surface area contributed by atoms with E-state index in [0.717, 1.165) is 12.1 Å². The van der Waals surface area contributed by atoms with Crippen molar-refractivity contribution in [3.05, 3.63) is 63.7 Å². The van der Waals surface area contributed by atoms with Gasteiger partial charge in [-0.1, -0.05) is 88.1 Å². The normalized spacial score (nSPS) is 18.1. The Labute approximate surface area is 196 Å². The van der Waals surface area contributed by atoms with E-state index in [1.54, 1.807) is 12.1 Å². The highest BCUT2D eigenvalue weighted by molar-refractivity contribution is 5.62. The zero-order valence-electron chi connectivity index (χ0n) is 18.4. The van der Waals surface area contributed by atoms with Gasteiger partial charge in [-0.25, -0.2) is 0 Å². The van der Waals surface area contributed by atoms with Crippen LogP contribution in [-0.2, 0) is 12.8 Å². The average Bonchev–Trinajstić information content (AvgIpc) is 3.25. The Balaban J connectivity index is 0.000000558. The molecule has 32 heavy (non-hydrogen) atoms. The first-order valence-corrected chi connectivity index (χ1v) is 10.3. The van der Waals surface area contributed by atoms with Gasteiger partial charge in [-0.05, 0) is 40.9 Å². The quantitative estimate of drug-likeness (QED) is 0.346. The summed E-state index contributed by atoms with van der Waals surface area (Å²) in [6.07, 6.45) is 2.11. The average molecular weight is 444 g/mol. The summed E-state index contributed by atoms with van der Waals surface area (Å²) in [4.78, 5) is 10.3. The Hall–Kier alpha value is -2.56. The molecule has 2 atom stereocenters. The van der Waals surface area contributed by atoms with E-state index in [2.05, 4.69) is 76.4 Å². The molecule has 0 amide bonds. The van der Waals surface area contributed by atoms with Gasteiger partial charge in [-0.3, -0.25) is 10.1 Å². The van der Waals surface area contributed by atoms with E-state index in [-0.39, 0.29) is 38.3 Å². The number of nitro benzene ring substituents is 1. The highest BCUT2D eigenvalue weighted by atomic mass is 16.6. The van der Waals surface area contributed by atoms with Gasteiger partial charge in [-0.2, -0.15) is 0 Å². The summed E-state index contributed by atoms with van der Waals surface area (Å²) >= 11 is 0. The number of para-hydroxylation sites is 1. The minimum absolute atomic E-state index is 0. The fraction of sp³-hybridized carbons (Fsp3) is 0.556. The molecule has 0 saturated heterocycles. The van der Waals surface area contributed by atoms with Gasteiger partial charge in [0.2, 0.25) is 0 Å². The van der Waals surface area contributed by atoms with Crippen LogP contribution in [0.4, 0.5) is 17.1 Å². The Bertz CT molecular complexity index is 870. The maximum atomic E-state index is 10.7. The molecule has 180 valence electrons. The summed E-state index contributed by atoms with van der Waals surface area (Å²) in [6, 6.07) is 14.6. The number of nitro groups is 1. The predicted molar refractivity (Wildman–Crippen MR) is 141 cm³/mol. The van der Waals surface area contributed by atoms with Crippen LogP contribution in [0.5, 0.6) is 0 Å². The first-order valence-electron chi connectivity index (χ1n) is 10.3. The third-order valence-corrected chi connectivity index (χ3v) is 5.92. The third-order valence-electron chi connectivity index (χ3n) is 5.92. The highest BCUT2D eigenvalue weighted by Gasteiger charge is 2.31. The number of benzene rings is 2. The molecule has 0 bridgehead atoms. The molecule has 2 aliphatic heterocycles. The summed E-state index contributed by atoms with van der Waals surface area (Å²) in [6.45, 7) is 13.4. The SMILES string of the molecule is C.C.C.CC(C)(C)C1Cc2ccc([N+](=O)[O-])cc2N1.CC(C)(C)C1Cc2ccccc2N1. The first kappa shape index (κ1) is 29.4. The monoisotopic (exact) mass is 443 g/mol. The molecule has 0 aromatic heterocycles. The van der Waals surface area contributed by atoms with Crippen molar-refractivity contribution in [3.63, 3.8) is 0 Å². The van der Waals surface area contributed by atoms with Crippen LogP contribution in [0.3, 0.4) is 0 Å². The predicted octanol–water partition coefficient (Wildman–Crippen LogP) is 7.96. The van der Waals surface area contributed by atoms with E-state index in [4.69, 9.17) is 0 Å². The minimum atomic E-state index is -0.355. The molecule has 2 aliphatic rings. The fourth-order valence-corrected chi connectivity index (χ4v) is 3.79. The number of non-ortho nitro benzene ring substituents is 1. The molecule has 0 spiro atoms. The summed E-state index contributed by atoms with van der Waals surface area (Å²) < 4.78 is 0. The van der Waals surface area contributed by atoms with E-state index in [1.807, 2.05) is 6.07 Å². The van der Waals surface area contributed by atoms with Crippen LogP contribution < -0.4 is 10.6 Å². The molecule has 5 heteroatoms. The van der Waals surface area contributed by atoms with Gasteiger partial charge in [0.1, 0.15) is 0 Å². The van der Waals surface area contributed by atoms with Gasteiger partial charge < -0.3 is 10.6 Å². The van der Waals surface area contributed by atoms with Crippen molar-refractivity contribution in [2.24, 2.45) is 10.8 Å². The van der Waals surface area contributed by atoms with Crippen LogP contribution in [0.2, 0.25) is 0 Å². The van der Waals surface area contributed by atoms with E-state index < -0.39 is 0 Å². The first-order chi connectivity index (χ1) is 13.4. The molecular formula is C27H45N3O2. The molecule has 2 heterocycles. The van der Waals surface area contributed by atoms with Crippen LogP contribution in [0.25, 0.3) is 0 Å². The summed E-state index contributed by atoms with van der Waals surface area (Å²) in [5, 5.41) is 17.6. The van der Waals surface area contributed by atoms with Crippen molar-refractivity contribution in [2.75, 3.05) is 10.6 Å². The molecule has 4 rings (SSSR count). The molecule has 0 fully saturated rings. The van der Waals surface area contributed by atoms with E-state index in [9.17, 15) is 10.1 Å². The molecule has 0 saturated carbocycles. The second-order valence-electron chi connectivity index (χ2n) is 10.3. The van der Waals surface area contributed by atoms with Crippen LogP contribution in [0.1, 0.15) is 74.9 Å². The standard InChI is InChI=1S/C12H16N2O2.C12H17N.3CH4/c1-12(2,3)11-6-8-4-5-9(14(15)16)7-10(8)13-11;1-12(2,3)11-8-9-6-4-5-7-10(9)13-11;;;/h4-5,7,11,13H,6H2,1-3H3;4-7,11,13H,8H2,1-3H3;3*1H4. The zero-order valence-corrected chi connectivity index (χ0v) is 18.4. The van der Waals surface area contributed by atoms with Crippen LogP contribution in [0.15, 0.2) is 42.5 Å². The highest BCUT2D eigenvalue weighted by Crippen LogP contribution is 2.36. The van der Waals surface area contributed by atoms with Crippen molar-refractivity contribution < 1.29 is 4.92 Å². The Morgan fingerprint density at radius 2 is 1.25 bits per heavy atom. The lowest BCUT2D eigenvalue weighted by Gasteiger charge is -2.27. The molecule has 5 nitrogen and oxygen atoms in total. The number of nitrogens with one attached hydrogen (secondary N) is 2. The number of hydrogen-bond acceptors (Lipinski definition) is 4. The number of hydrogen-bond donors (Lipinski definition) is 2. The lowest BCUT2D eigenvalue weighted by molar-refractivity contribution is -0.384. The second-order valence-corrected chi connectivity index (χ2v) is 10.3. The Morgan fingerprint density at radius 1 is 0.781 bits per heavy atom. The topological polar surface area (TPSA) is 67.2 Å². The van der Waals surface area contributed by atoms with Gasteiger partial charge in [0, 0.05) is 35.6 Å². The van der Waals surface area contributed by atoms with Gasteiger partial charge in [0.15, 0.2) is 0 Å². The van der Waals surface area contributed by atoms with Crippen molar-refractivity contribution in [2.45, 2.75) is 88.7 Å². The molecule has 2 aromatic rings. The maximum absolute atomic E-state index is 10.7. The minimum Gasteiger partial charge on any atom is -0.381 e. The van der Waals surface area contributed by atoms with Gasteiger partial charge in [0.25, 0.3) is 5.69 Å².